The predicted molar refractivity (Wildman–Crippen MR) is 55.8 cm³/mol. The molecule has 5 aliphatic rings. The van der Waals surface area contributed by atoms with Crippen LogP contribution < -0.4 is 0 Å². The lowest BCUT2D eigenvalue weighted by molar-refractivity contribution is -0.211. The van der Waals surface area contributed by atoms with Gasteiger partial charge in [0, 0.05) is 0 Å². The molecule has 0 aromatic rings. The van der Waals surface area contributed by atoms with Crippen LogP contribution in [0.15, 0.2) is 0 Å². The zero-order chi connectivity index (χ0) is 9.40. The summed E-state index contributed by atoms with van der Waals surface area (Å²) in [6.07, 6.45) is 9.58. The van der Waals surface area contributed by atoms with Gasteiger partial charge in [-0.15, -0.1) is 0 Å². The van der Waals surface area contributed by atoms with Crippen LogP contribution >= 0.6 is 0 Å². The van der Waals surface area contributed by atoms with Crippen LogP contribution in [-0.4, -0.2) is 0 Å². The maximum atomic E-state index is 2.67. The summed E-state index contributed by atoms with van der Waals surface area (Å²) in [5, 5.41) is 0. The van der Waals surface area contributed by atoms with E-state index in [0.717, 1.165) is 21.7 Å². The monoisotopic (exact) mass is 188 g/mol. The summed E-state index contributed by atoms with van der Waals surface area (Å²) in [6, 6.07) is 0. The van der Waals surface area contributed by atoms with Crippen LogP contribution in [0.2, 0.25) is 0 Å². The normalized spacial score (nSPS) is 81.0. The molecular formula is C14H20. The quantitative estimate of drug-likeness (QED) is 0.544. The maximum absolute atomic E-state index is 2.67. The van der Waals surface area contributed by atoms with Gasteiger partial charge in [0.2, 0.25) is 0 Å². The van der Waals surface area contributed by atoms with Gasteiger partial charge in [-0.25, -0.2) is 0 Å². The van der Waals surface area contributed by atoms with Gasteiger partial charge >= 0.3 is 0 Å². The minimum atomic E-state index is 0.820. The number of hydrogen-bond acceptors (Lipinski definition) is 0. The fourth-order valence-corrected chi connectivity index (χ4v) is 7.83. The van der Waals surface area contributed by atoms with E-state index in [9.17, 15) is 0 Å². The Kier molecular flexibility index (Phi) is 0.753. The van der Waals surface area contributed by atoms with Gasteiger partial charge in [-0.05, 0) is 72.0 Å². The van der Waals surface area contributed by atoms with Crippen molar-refractivity contribution in [1.82, 2.24) is 0 Å². The number of hydrogen-bond donors (Lipinski definition) is 0. The minimum absolute atomic E-state index is 0.820. The van der Waals surface area contributed by atoms with Crippen LogP contribution in [-0.2, 0) is 0 Å². The average Bonchev–Trinajstić information content (AvgIpc) is 3.04. The fourth-order valence-electron chi connectivity index (χ4n) is 7.83. The van der Waals surface area contributed by atoms with Crippen LogP contribution in [0.1, 0.15) is 52.4 Å². The highest BCUT2D eigenvalue weighted by Gasteiger charge is 2.98. The zero-order valence-corrected chi connectivity index (χ0v) is 9.40. The molecule has 0 aliphatic heterocycles. The van der Waals surface area contributed by atoms with Crippen LogP contribution in [0.25, 0.3) is 0 Å². The molecule has 0 nitrogen and oxygen atoms in total. The van der Waals surface area contributed by atoms with Crippen LogP contribution in [0, 0.1) is 33.5 Å². The molecule has 0 heteroatoms. The van der Waals surface area contributed by atoms with Gasteiger partial charge in [-0.1, -0.05) is 13.8 Å². The van der Waals surface area contributed by atoms with Crippen molar-refractivity contribution in [3.05, 3.63) is 0 Å². The smallest absolute Gasteiger partial charge is 0.0147 e. The van der Waals surface area contributed by atoms with Crippen molar-refractivity contribution >= 4 is 0 Å². The molecule has 5 saturated carbocycles. The van der Waals surface area contributed by atoms with Gasteiger partial charge in [-0.3, -0.25) is 0 Å². The molecule has 0 aromatic heterocycles. The Labute approximate surface area is 86.5 Å². The molecule has 2 spiro atoms. The summed E-state index contributed by atoms with van der Waals surface area (Å²) in [5.41, 5.74) is 3.40. The van der Waals surface area contributed by atoms with Gasteiger partial charge < -0.3 is 0 Å². The lowest BCUT2D eigenvalue weighted by Crippen LogP contribution is -2.63. The minimum Gasteiger partial charge on any atom is -0.0585 e. The summed E-state index contributed by atoms with van der Waals surface area (Å²) in [4.78, 5) is 0. The second-order valence-corrected chi connectivity index (χ2v) is 7.49. The first-order valence-electron chi connectivity index (χ1n) is 6.62. The van der Waals surface area contributed by atoms with Crippen molar-refractivity contribution in [1.29, 1.82) is 0 Å². The van der Waals surface area contributed by atoms with Crippen molar-refractivity contribution < 1.29 is 0 Å². The first-order chi connectivity index (χ1) is 6.62. The first kappa shape index (κ1) is 7.30. The topological polar surface area (TPSA) is 0 Å². The molecule has 0 amide bonds. The van der Waals surface area contributed by atoms with E-state index in [-0.39, 0.29) is 0 Å². The molecule has 2 atom stereocenters. The Morgan fingerprint density at radius 2 is 1.21 bits per heavy atom. The van der Waals surface area contributed by atoms with E-state index in [1.54, 1.807) is 38.5 Å². The fraction of sp³-hybridized carbons (Fsp3) is 1.00. The van der Waals surface area contributed by atoms with E-state index in [4.69, 9.17) is 0 Å². The lowest BCUT2D eigenvalue weighted by Gasteiger charge is -2.68. The molecule has 0 bridgehead atoms. The molecule has 5 rings (SSSR count). The second kappa shape index (κ2) is 1.44. The molecule has 0 radical (unpaired) electrons. The molecule has 0 saturated heterocycles. The highest BCUT2D eigenvalue weighted by atomic mass is 15.0. The van der Waals surface area contributed by atoms with E-state index in [1.165, 1.54) is 11.8 Å². The van der Waals surface area contributed by atoms with Crippen molar-refractivity contribution in [2.24, 2.45) is 33.5 Å². The molecular weight excluding hydrogens is 168 g/mol. The highest BCUT2D eigenvalue weighted by Crippen LogP contribution is 3.04. The molecule has 76 valence electrons. The number of rotatable bonds is 0. The summed E-state index contributed by atoms with van der Waals surface area (Å²) in [7, 11) is 0. The van der Waals surface area contributed by atoms with Crippen molar-refractivity contribution in [3.63, 3.8) is 0 Å². The maximum Gasteiger partial charge on any atom is -0.0147 e. The molecule has 5 aliphatic carbocycles. The third-order valence-electron chi connectivity index (χ3n) is 8.13. The Morgan fingerprint density at radius 1 is 0.786 bits per heavy atom. The molecule has 5 fully saturated rings. The van der Waals surface area contributed by atoms with Crippen molar-refractivity contribution in [2.75, 3.05) is 0 Å². The third-order valence-corrected chi connectivity index (χ3v) is 8.13. The van der Waals surface area contributed by atoms with Gasteiger partial charge in [0.25, 0.3) is 0 Å². The first-order valence-corrected chi connectivity index (χ1v) is 6.62. The molecule has 0 heterocycles. The van der Waals surface area contributed by atoms with E-state index >= 15 is 0 Å². The molecule has 2 unspecified atom stereocenters. The molecule has 14 heavy (non-hydrogen) atoms. The SMILES string of the molecule is CC12CCC3CC31C1(C)CCC3CC321. The molecule has 0 N–H and O–H groups in total. The van der Waals surface area contributed by atoms with Crippen LogP contribution in [0.3, 0.4) is 0 Å². The Morgan fingerprint density at radius 3 is 1.57 bits per heavy atom. The van der Waals surface area contributed by atoms with E-state index in [0.29, 0.717) is 0 Å². The lowest BCUT2D eigenvalue weighted by atomic mass is 9.36. The van der Waals surface area contributed by atoms with Crippen molar-refractivity contribution in [3.8, 4) is 0 Å². The Hall–Kier alpha value is 0. The zero-order valence-electron chi connectivity index (χ0n) is 9.40. The van der Waals surface area contributed by atoms with Gasteiger partial charge in [0.05, 0.1) is 0 Å². The predicted octanol–water partition coefficient (Wildman–Crippen LogP) is 3.61. The average molecular weight is 188 g/mol. The molecule has 0 aromatic carbocycles. The summed E-state index contributed by atoms with van der Waals surface area (Å²) >= 11 is 0. The summed E-state index contributed by atoms with van der Waals surface area (Å²) in [5.74, 6) is 2.34. The second-order valence-electron chi connectivity index (χ2n) is 7.49. The Balaban J connectivity index is 1.81. The largest absolute Gasteiger partial charge is 0.0585 e. The third kappa shape index (κ3) is 0.333. The van der Waals surface area contributed by atoms with Crippen LogP contribution in [0.5, 0.6) is 0 Å². The Bertz CT molecular complexity index is 316. The van der Waals surface area contributed by atoms with Crippen LogP contribution in [0.4, 0.5) is 0 Å². The van der Waals surface area contributed by atoms with Crippen molar-refractivity contribution in [2.45, 2.75) is 52.4 Å². The van der Waals surface area contributed by atoms with Gasteiger partial charge in [-0.2, -0.15) is 0 Å². The standard InChI is InChI=1S/C14H20/c1-11-5-3-9-7-13(9,11)12(2)6-4-10-8-14(10,11)12/h9-10H,3-8H2,1-2H3. The van der Waals surface area contributed by atoms with Gasteiger partial charge in [0.1, 0.15) is 0 Å². The highest BCUT2D eigenvalue weighted by molar-refractivity contribution is 5.45. The van der Waals surface area contributed by atoms with E-state index in [2.05, 4.69) is 13.8 Å². The summed E-state index contributed by atoms with van der Waals surface area (Å²) < 4.78 is 0. The van der Waals surface area contributed by atoms with E-state index < -0.39 is 0 Å². The van der Waals surface area contributed by atoms with Gasteiger partial charge in [0.15, 0.2) is 0 Å². The summed E-state index contributed by atoms with van der Waals surface area (Å²) in [6.45, 7) is 5.35. The van der Waals surface area contributed by atoms with E-state index in [1.807, 2.05) is 0 Å².